The van der Waals surface area contributed by atoms with E-state index >= 15 is 0 Å². The van der Waals surface area contributed by atoms with Crippen LogP contribution < -0.4 is 5.73 Å². The number of hydrogen-bond donors (Lipinski definition) is 1. The molecule has 0 amide bonds. The Morgan fingerprint density at radius 2 is 1.53 bits per heavy atom. The topological polar surface area (TPSA) is 35.7 Å². The Hall–Kier alpha value is -0.160. The van der Waals surface area contributed by atoms with Gasteiger partial charge in [0.25, 0.3) is 0 Å². The summed E-state index contributed by atoms with van der Waals surface area (Å²) >= 11 is 0. The zero-order chi connectivity index (χ0) is 11.8. The summed E-state index contributed by atoms with van der Waals surface area (Å²) in [5, 5.41) is 0. The van der Waals surface area contributed by atoms with Crippen LogP contribution in [0.25, 0.3) is 0 Å². The summed E-state index contributed by atoms with van der Waals surface area (Å²) in [6.45, 7) is 11.1. The van der Waals surface area contributed by atoms with Crippen molar-refractivity contribution >= 4 is 0 Å². The van der Waals surface area contributed by atoms with Gasteiger partial charge in [-0.15, -0.1) is 0 Å². The van der Waals surface area contributed by atoms with Crippen molar-refractivity contribution in [1.29, 1.82) is 0 Å². The number of fused-ring (bicyclic) bond motifs is 1. The lowest BCUT2D eigenvalue weighted by Gasteiger charge is -2.33. The monoisotopic (exact) mass is 238 g/mol. The second-order valence-electron chi connectivity index (χ2n) is 6.13. The predicted molar refractivity (Wildman–Crippen MR) is 69.9 cm³/mol. The minimum absolute atomic E-state index is 0.870. The van der Waals surface area contributed by atoms with Gasteiger partial charge in [0.1, 0.15) is 0 Å². The lowest BCUT2D eigenvalue weighted by molar-refractivity contribution is 0.137. The summed E-state index contributed by atoms with van der Waals surface area (Å²) in [6.07, 6.45) is 0. The van der Waals surface area contributed by atoms with Crippen LogP contribution in [0.4, 0.5) is 0 Å². The molecule has 0 aromatic carbocycles. The van der Waals surface area contributed by atoms with E-state index in [0.717, 1.165) is 24.3 Å². The highest BCUT2D eigenvalue weighted by molar-refractivity contribution is 5.05. The van der Waals surface area contributed by atoms with Crippen LogP contribution in [0.3, 0.4) is 0 Å². The molecule has 17 heavy (non-hydrogen) atoms. The van der Waals surface area contributed by atoms with Gasteiger partial charge < -0.3 is 15.5 Å². The molecule has 0 aromatic rings. The lowest BCUT2D eigenvalue weighted by atomic mass is 10.2. The summed E-state index contributed by atoms with van der Waals surface area (Å²) in [4.78, 5) is 7.69. The van der Waals surface area contributed by atoms with Gasteiger partial charge >= 0.3 is 0 Å². The Bertz CT molecular complexity index is 250. The smallest absolute Gasteiger partial charge is 0.0110 e. The van der Waals surface area contributed by atoms with Crippen molar-refractivity contribution < 1.29 is 0 Å². The van der Waals surface area contributed by atoms with E-state index in [9.17, 15) is 0 Å². The van der Waals surface area contributed by atoms with E-state index < -0.39 is 0 Å². The van der Waals surface area contributed by atoms with Crippen LogP contribution in [0.15, 0.2) is 0 Å². The van der Waals surface area contributed by atoms with Gasteiger partial charge in [-0.1, -0.05) is 0 Å². The summed E-state index contributed by atoms with van der Waals surface area (Å²) in [6, 6.07) is 0. The minimum atomic E-state index is 0.870. The van der Waals surface area contributed by atoms with E-state index in [1.807, 2.05) is 0 Å². The predicted octanol–water partition coefficient (Wildman–Crippen LogP) is -0.630. The Kier molecular flexibility index (Phi) is 3.39. The molecule has 98 valence electrons. The van der Waals surface area contributed by atoms with Crippen LogP contribution in [0, 0.1) is 17.8 Å². The van der Waals surface area contributed by atoms with E-state index in [2.05, 4.69) is 21.7 Å². The molecule has 1 aliphatic carbocycles. The number of likely N-dealkylation sites (tertiary alicyclic amines) is 1. The summed E-state index contributed by atoms with van der Waals surface area (Å²) in [5.74, 6) is 2.77. The normalized spacial score (nSPS) is 39.5. The van der Waals surface area contributed by atoms with Crippen LogP contribution in [0.1, 0.15) is 0 Å². The maximum Gasteiger partial charge on any atom is 0.0110 e. The maximum atomic E-state index is 5.74. The molecule has 0 aromatic heterocycles. The summed E-state index contributed by atoms with van der Waals surface area (Å²) < 4.78 is 0. The molecule has 2 unspecified atom stereocenters. The largest absolute Gasteiger partial charge is 0.330 e. The van der Waals surface area contributed by atoms with Crippen molar-refractivity contribution in [3.05, 3.63) is 0 Å². The van der Waals surface area contributed by atoms with Gasteiger partial charge in [0, 0.05) is 52.4 Å². The second-order valence-corrected chi connectivity index (χ2v) is 6.13. The average Bonchev–Trinajstić information content (AvgIpc) is 2.82. The Balaban J connectivity index is 1.34. The summed E-state index contributed by atoms with van der Waals surface area (Å²) in [7, 11) is 2.22. The molecule has 0 spiro atoms. The van der Waals surface area contributed by atoms with Crippen molar-refractivity contribution in [1.82, 2.24) is 14.7 Å². The molecule has 2 saturated heterocycles. The molecule has 0 bridgehead atoms. The van der Waals surface area contributed by atoms with Crippen LogP contribution in [0.2, 0.25) is 0 Å². The van der Waals surface area contributed by atoms with Crippen LogP contribution >= 0.6 is 0 Å². The third kappa shape index (κ3) is 2.50. The molecular weight excluding hydrogens is 212 g/mol. The zero-order valence-electron chi connectivity index (χ0n) is 11.0. The number of nitrogens with zero attached hydrogens (tertiary/aromatic N) is 3. The molecular formula is C13H26N4. The van der Waals surface area contributed by atoms with Gasteiger partial charge in [0.2, 0.25) is 0 Å². The number of hydrogen-bond acceptors (Lipinski definition) is 4. The first kappa shape index (κ1) is 11.9. The van der Waals surface area contributed by atoms with Gasteiger partial charge in [-0.25, -0.2) is 0 Å². The molecule has 0 radical (unpaired) electrons. The highest BCUT2D eigenvalue weighted by Crippen LogP contribution is 2.50. The van der Waals surface area contributed by atoms with Crippen LogP contribution in [0.5, 0.6) is 0 Å². The van der Waals surface area contributed by atoms with Gasteiger partial charge in [-0.05, 0) is 31.3 Å². The first-order chi connectivity index (χ1) is 8.28. The third-order valence-electron chi connectivity index (χ3n) is 5.05. The third-order valence-corrected chi connectivity index (χ3v) is 5.05. The van der Waals surface area contributed by atoms with E-state index in [4.69, 9.17) is 5.73 Å². The van der Waals surface area contributed by atoms with E-state index in [-0.39, 0.29) is 0 Å². The van der Waals surface area contributed by atoms with E-state index in [1.165, 1.54) is 52.4 Å². The van der Waals surface area contributed by atoms with Crippen molar-refractivity contribution in [3.63, 3.8) is 0 Å². The number of nitrogens with two attached hydrogens (primary N) is 1. The first-order valence-electron chi connectivity index (χ1n) is 7.11. The fourth-order valence-corrected chi connectivity index (χ4v) is 3.62. The zero-order valence-corrected chi connectivity index (χ0v) is 11.0. The number of piperidine rings is 1. The maximum absolute atomic E-state index is 5.74. The molecule has 1 saturated carbocycles. The molecule has 2 aliphatic heterocycles. The molecule has 4 nitrogen and oxygen atoms in total. The molecule has 2 atom stereocenters. The Morgan fingerprint density at radius 3 is 2.12 bits per heavy atom. The second kappa shape index (κ2) is 4.84. The molecule has 2 heterocycles. The standard InChI is InChI=1S/C13H26N4/c1-15-2-4-16(5-3-15)6-7-17-9-12-11(8-14)13(12)10-17/h11-13H,2-10,14H2,1H3. The molecule has 3 aliphatic rings. The number of piperazine rings is 1. The Morgan fingerprint density at radius 1 is 0.941 bits per heavy atom. The van der Waals surface area contributed by atoms with Crippen molar-refractivity contribution in [3.8, 4) is 0 Å². The van der Waals surface area contributed by atoms with Crippen molar-refractivity contribution in [2.24, 2.45) is 23.5 Å². The minimum Gasteiger partial charge on any atom is -0.330 e. The van der Waals surface area contributed by atoms with Gasteiger partial charge in [-0.3, -0.25) is 4.90 Å². The summed E-state index contributed by atoms with van der Waals surface area (Å²) in [5.41, 5.74) is 5.74. The van der Waals surface area contributed by atoms with Gasteiger partial charge in [0.15, 0.2) is 0 Å². The van der Waals surface area contributed by atoms with Crippen molar-refractivity contribution in [2.45, 2.75) is 0 Å². The fraction of sp³-hybridized carbons (Fsp3) is 1.00. The molecule has 3 fully saturated rings. The average molecular weight is 238 g/mol. The fourth-order valence-electron chi connectivity index (χ4n) is 3.62. The highest BCUT2D eigenvalue weighted by Gasteiger charge is 2.54. The highest BCUT2D eigenvalue weighted by atomic mass is 15.3. The van der Waals surface area contributed by atoms with Gasteiger partial charge in [0.05, 0.1) is 0 Å². The van der Waals surface area contributed by atoms with Gasteiger partial charge in [-0.2, -0.15) is 0 Å². The molecule has 3 rings (SSSR count). The van der Waals surface area contributed by atoms with Crippen LogP contribution in [-0.2, 0) is 0 Å². The SMILES string of the molecule is CN1CCN(CCN2CC3C(CN)C3C2)CC1. The molecule has 4 heteroatoms. The van der Waals surface area contributed by atoms with Crippen LogP contribution in [-0.4, -0.2) is 80.7 Å². The van der Waals surface area contributed by atoms with E-state index in [0.29, 0.717) is 0 Å². The number of likely N-dealkylation sites (N-methyl/N-ethyl adjacent to an activating group) is 1. The Labute approximate surface area is 105 Å². The molecule has 2 N–H and O–H groups in total. The van der Waals surface area contributed by atoms with Crippen molar-refractivity contribution in [2.75, 3.05) is 66.0 Å². The first-order valence-corrected chi connectivity index (χ1v) is 7.11. The quantitative estimate of drug-likeness (QED) is 0.707. The lowest BCUT2D eigenvalue weighted by Crippen LogP contribution is -2.47. The van der Waals surface area contributed by atoms with E-state index in [1.54, 1.807) is 0 Å². The number of rotatable bonds is 4.